The fraction of sp³-hybridized carbons (Fsp3) is 0.800. The molecule has 3 saturated heterocycles. The molecule has 124 valence electrons. The second-order valence-corrected chi connectivity index (χ2v) is 6.54. The van der Waals surface area contributed by atoms with Crippen molar-refractivity contribution >= 4 is 5.97 Å². The first kappa shape index (κ1) is 15.9. The number of carbonyl (C=O) groups is 1. The molecule has 5 atom stereocenters. The van der Waals surface area contributed by atoms with Crippen LogP contribution in [-0.2, 0) is 33.2 Å². The Morgan fingerprint density at radius 1 is 1.05 bits per heavy atom. The van der Waals surface area contributed by atoms with Crippen LogP contribution >= 0.6 is 0 Å². The molecule has 0 bridgehead atoms. The topological polar surface area (TPSA) is 72.5 Å². The van der Waals surface area contributed by atoms with Gasteiger partial charge in [0.05, 0.1) is 0 Å². The number of rotatable bonds is 3. The maximum absolute atomic E-state index is 11.3. The van der Waals surface area contributed by atoms with Crippen LogP contribution in [0.3, 0.4) is 0 Å². The third-order valence-electron chi connectivity index (χ3n) is 3.81. The van der Waals surface area contributed by atoms with E-state index in [2.05, 4.69) is 6.58 Å². The summed E-state index contributed by atoms with van der Waals surface area (Å²) in [5.74, 6) is -2.03. The van der Waals surface area contributed by atoms with Gasteiger partial charge in [-0.1, -0.05) is 6.58 Å². The molecule has 0 aliphatic carbocycles. The SMILES string of the molecule is C=CC(=O)OC[C@@H]1O[C@@H]2OC(C)(C)O[C@@H]2[C@H]2OC(C)(C)O[C@H]21. The van der Waals surface area contributed by atoms with E-state index in [1.165, 1.54) is 0 Å². The minimum Gasteiger partial charge on any atom is -0.460 e. The van der Waals surface area contributed by atoms with Gasteiger partial charge in [0.2, 0.25) is 0 Å². The van der Waals surface area contributed by atoms with Crippen molar-refractivity contribution in [2.24, 2.45) is 0 Å². The van der Waals surface area contributed by atoms with Crippen LogP contribution in [0.25, 0.3) is 0 Å². The van der Waals surface area contributed by atoms with Gasteiger partial charge < -0.3 is 28.4 Å². The van der Waals surface area contributed by atoms with Gasteiger partial charge in [0.15, 0.2) is 17.9 Å². The molecule has 3 rings (SSSR count). The number of hydrogen-bond donors (Lipinski definition) is 0. The van der Waals surface area contributed by atoms with Gasteiger partial charge in [0.25, 0.3) is 0 Å². The summed E-state index contributed by atoms with van der Waals surface area (Å²) in [6.07, 6.45) is -1.09. The van der Waals surface area contributed by atoms with Crippen molar-refractivity contribution in [3.63, 3.8) is 0 Å². The highest BCUT2D eigenvalue weighted by atomic mass is 16.9. The van der Waals surface area contributed by atoms with Crippen LogP contribution in [0.1, 0.15) is 27.7 Å². The van der Waals surface area contributed by atoms with Crippen molar-refractivity contribution in [1.82, 2.24) is 0 Å². The average Bonchev–Trinajstić information content (AvgIpc) is 2.89. The van der Waals surface area contributed by atoms with Crippen molar-refractivity contribution in [1.29, 1.82) is 0 Å². The van der Waals surface area contributed by atoms with Gasteiger partial charge in [-0.05, 0) is 27.7 Å². The molecule has 3 heterocycles. The molecular formula is C15H22O7. The summed E-state index contributed by atoms with van der Waals surface area (Å²) in [6.45, 7) is 10.7. The highest BCUT2D eigenvalue weighted by molar-refractivity contribution is 5.81. The van der Waals surface area contributed by atoms with E-state index in [9.17, 15) is 4.79 Å². The summed E-state index contributed by atoms with van der Waals surface area (Å²) in [6, 6.07) is 0. The van der Waals surface area contributed by atoms with Gasteiger partial charge in [0.1, 0.15) is 31.0 Å². The Bertz CT molecular complexity index is 473. The van der Waals surface area contributed by atoms with Crippen LogP contribution in [-0.4, -0.2) is 54.9 Å². The zero-order valence-corrected chi connectivity index (χ0v) is 13.2. The summed E-state index contributed by atoms with van der Waals surface area (Å²) < 4.78 is 34.5. The fourth-order valence-corrected chi connectivity index (χ4v) is 3.05. The summed E-state index contributed by atoms with van der Waals surface area (Å²) in [4.78, 5) is 11.3. The normalized spacial score (nSPS) is 41.5. The molecule has 22 heavy (non-hydrogen) atoms. The van der Waals surface area contributed by atoms with Crippen LogP contribution in [0.4, 0.5) is 0 Å². The van der Waals surface area contributed by atoms with Gasteiger partial charge in [0, 0.05) is 6.08 Å². The van der Waals surface area contributed by atoms with Crippen LogP contribution in [0.5, 0.6) is 0 Å². The Hall–Kier alpha value is -0.990. The van der Waals surface area contributed by atoms with Crippen molar-refractivity contribution < 1.29 is 33.2 Å². The lowest BCUT2D eigenvalue weighted by Gasteiger charge is -2.36. The lowest BCUT2D eigenvalue weighted by atomic mass is 9.99. The molecule has 0 spiro atoms. The summed E-state index contributed by atoms with van der Waals surface area (Å²) in [5, 5.41) is 0. The largest absolute Gasteiger partial charge is 0.460 e. The van der Waals surface area contributed by atoms with Gasteiger partial charge in [-0.25, -0.2) is 4.79 Å². The average molecular weight is 314 g/mol. The van der Waals surface area contributed by atoms with E-state index in [-0.39, 0.29) is 18.8 Å². The van der Waals surface area contributed by atoms with Crippen LogP contribution in [0, 0.1) is 0 Å². The first-order valence-corrected chi connectivity index (χ1v) is 7.37. The third kappa shape index (κ3) is 2.91. The zero-order valence-electron chi connectivity index (χ0n) is 13.2. The predicted molar refractivity (Wildman–Crippen MR) is 73.7 cm³/mol. The monoisotopic (exact) mass is 314 g/mol. The molecule has 3 aliphatic heterocycles. The molecule has 7 nitrogen and oxygen atoms in total. The Morgan fingerprint density at radius 3 is 2.32 bits per heavy atom. The molecule has 7 heteroatoms. The Morgan fingerprint density at radius 2 is 1.64 bits per heavy atom. The maximum Gasteiger partial charge on any atom is 0.330 e. The summed E-state index contributed by atoms with van der Waals surface area (Å²) in [7, 11) is 0. The standard InChI is InChI=1S/C15H22O7/c1-6-9(16)17-7-8-10-11(20-14(2,3)19-10)12-13(18-8)22-15(4,5)21-12/h6,8,10-13H,1,7H2,2-5H3/t8-,10-,11-,12+,13+/m0/s1. The molecule has 0 aromatic carbocycles. The number of hydrogen-bond acceptors (Lipinski definition) is 7. The fourth-order valence-electron chi connectivity index (χ4n) is 3.05. The van der Waals surface area contributed by atoms with Crippen LogP contribution < -0.4 is 0 Å². The molecule has 0 unspecified atom stereocenters. The number of carbonyl (C=O) groups excluding carboxylic acids is 1. The molecule has 0 radical (unpaired) electrons. The number of esters is 1. The summed E-state index contributed by atoms with van der Waals surface area (Å²) >= 11 is 0. The van der Waals surface area contributed by atoms with E-state index in [1.54, 1.807) is 0 Å². The van der Waals surface area contributed by atoms with Crippen molar-refractivity contribution in [2.45, 2.75) is 70.0 Å². The molecule has 0 amide bonds. The highest BCUT2D eigenvalue weighted by Crippen LogP contribution is 2.44. The van der Waals surface area contributed by atoms with E-state index >= 15 is 0 Å². The van der Waals surface area contributed by atoms with Gasteiger partial charge in [-0.15, -0.1) is 0 Å². The van der Waals surface area contributed by atoms with Gasteiger partial charge in [-0.3, -0.25) is 0 Å². The highest BCUT2D eigenvalue weighted by Gasteiger charge is 2.60. The lowest BCUT2D eigenvalue weighted by Crippen LogP contribution is -2.56. The molecule has 3 aliphatic rings. The molecular weight excluding hydrogens is 292 g/mol. The predicted octanol–water partition coefficient (Wildman–Crippen LogP) is 1.11. The Kier molecular flexibility index (Phi) is 3.81. The summed E-state index contributed by atoms with van der Waals surface area (Å²) in [5.41, 5.74) is 0. The molecule has 0 aromatic rings. The second-order valence-electron chi connectivity index (χ2n) is 6.54. The lowest BCUT2D eigenvalue weighted by molar-refractivity contribution is -0.242. The van der Waals surface area contributed by atoms with Crippen LogP contribution in [0.2, 0.25) is 0 Å². The first-order valence-electron chi connectivity index (χ1n) is 7.37. The van der Waals surface area contributed by atoms with E-state index in [0.29, 0.717) is 0 Å². The van der Waals surface area contributed by atoms with Gasteiger partial charge >= 0.3 is 5.97 Å². The van der Waals surface area contributed by atoms with E-state index < -0.39 is 36.0 Å². The first-order chi connectivity index (χ1) is 10.2. The molecule has 0 aromatic heterocycles. The Balaban J connectivity index is 1.77. The quantitative estimate of drug-likeness (QED) is 0.571. The molecule has 0 saturated carbocycles. The smallest absolute Gasteiger partial charge is 0.330 e. The minimum absolute atomic E-state index is 0.0401. The molecule has 3 fully saturated rings. The van der Waals surface area contributed by atoms with Gasteiger partial charge in [-0.2, -0.15) is 0 Å². The van der Waals surface area contributed by atoms with Crippen LogP contribution in [0.15, 0.2) is 12.7 Å². The zero-order chi connectivity index (χ0) is 16.1. The van der Waals surface area contributed by atoms with Crippen molar-refractivity contribution in [3.8, 4) is 0 Å². The third-order valence-corrected chi connectivity index (χ3v) is 3.81. The number of ether oxygens (including phenoxy) is 6. The van der Waals surface area contributed by atoms with E-state index in [1.807, 2.05) is 27.7 Å². The van der Waals surface area contributed by atoms with E-state index in [0.717, 1.165) is 6.08 Å². The van der Waals surface area contributed by atoms with Crippen molar-refractivity contribution in [3.05, 3.63) is 12.7 Å². The maximum atomic E-state index is 11.3. The van der Waals surface area contributed by atoms with Crippen molar-refractivity contribution in [2.75, 3.05) is 6.61 Å². The minimum atomic E-state index is -0.761. The number of fused-ring (bicyclic) bond motifs is 3. The van der Waals surface area contributed by atoms with E-state index in [4.69, 9.17) is 28.4 Å². The Labute approximate surface area is 129 Å². The second kappa shape index (κ2) is 5.28. The molecule has 0 N–H and O–H groups in total.